The molecule has 0 amide bonds. The molecule has 2 aromatic rings. The fourth-order valence-electron chi connectivity index (χ4n) is 2.51. The summed E-state index contributed by atoms with van der Waals surface area (Å²) in [6.45, 7) is 4.42. The Morgan fingerprint density at radius 3 is 3.04 bits per heavy atom. The second kappa shape index (κ2) is 8.45. The summed E-state index contributed by atoms with van der Waals surface area (Å²) in [6.07, 6.45) is 1.18. The molecule has 1 atom stereocenters. The van der Waals surface area contributed by atoms with Crippen LogP contribution in [0.4, 0.5) is 0 Å². The average Bonchev–Trinajstić information content (AvgIpc) is 2.59. The zero-order chi connectivity index (χ0) is 15.9. The van der Waals surface area contributed by atoms with Gasteiger partial charge in [-0.3, -0.25) is 0 Å². The number of fused-ring (bicyclic) bond motifs is 1. The minimum Gasteiger partial charge on any atom is -0.491 e. The average molecular weight is 337 g/mol. The van der Waals surface area contributed by atoms with E-state index in [0.29, 0.717) is 25.0 Å². The normalized spacial score (nSPS) is 18.2. The number of hydrogen-bond donors (Lipinski definition) is 1. The van der Waals surface area contributed by atoms with Crippen LogP contribution in [0.5, 0.6) is 5.75 Å². The van der Waals surface area contributed by atoms with E-state index in [1.54, 1.807) is 6.07 Å². The van der Waals surface area contributed by atoms with Crippen LogP contribution in [0.25, 0.3) is 10.9 Å². The first-order chi connectivity index (χ1) is 11.3. The number of pyridine rings is 1. The van der Waals surface area contributed by atoms with E-state index < -0.39 is 0 Å². The van der Waals surface area contributed by atoms with Gasteiger partial charge in [-0.2, -0.15) is 0 Å². The molecule has 3 rings (SSSR count). The van der Waals surface area contributed by atoms with Crippen molar-refractivity contribution in [2.45, 2.75) is 12.5 Å². The highest BCUT2D eigenvalue weighted by atomic mass is 35.5. The number of benzene rings is 1. The van der Waals surface area contributed by atoms with Crippen LogP contribution in [0, 0.1) is 0 Å². The molecule has 0 spiro atoms. The van der Waals surface area contributed by atoms with Crippen LogP contribution in [0.15, 0.2) is 30.3 Å². The molecule has 1 aromatic heterocycles. The van der Waals surface area contributed by atoms with E-state index in [4.69, 9.17) is 25.8 Å². The summed E-state index contributed by atoms with van der Waals surface area (Å²) in [5.41, 5.74) is 0.863. The molecule has 1 fully saturated rings. The number of nitrogens with zero attached hydrogens (tertiary/aromatic N) is 1. The topological polar surface area (TPSA) is 52.6 Å². The van der Waals surface area contributed by atoms with Crippen molar-refractivity contribution in [3.63, 3.8) is 0 Å². The molecule has 2 heterocycles. The molecule has 0 bridgehead atoms. The van der Waals surface area contributed by atoms with Crippen LogP contribution in [0.3, 0.4) is 0 Å². The maximum Gasteiger partial charge on any atom is 0.129 e. The molecule has 1 saturated heterocycles. The van der Waals surface area contributed by atoms with E-state index in [2.05, 4.69) is 10.3 Å². The van der Waals surface area contributed by atoms with Crippen LogP contribution >= 0.6 is 11.6 Å². The van der Waals surface area contributed by atoms with Crippen LogP contribution in [0.1, 0.15) is 6.42 Å². The Hall–Kier alpha value is -1.40. The van der Waals surface area contributed by atoms with E-state index in [0.717, 1.165) is 42.8 Å². The summed E-state index contributed by atoms with van der Waals surface area (Å²) >= 11 is 5.87. The number of morpholine rings is 1. The van der Waals surface area contributed by atoms with Crippen molar-refractivity contribution in [3.05, 3.63) is 35.5 Å². The van der Waals surface area contributed by atoms with Gasteiger partial charge in [-0.15, -0.1) is 0 Å². The van der Waals surface area contributed by atoms with Crippen molar-refractivity contribution in [2.75, 3.05) is 39.5 Å². The van der Waals surface area contributed by atoms with E-state index in [1.165, 1.54) is 0 Å². The predicted molar refractivity (Wildman–Crippen MR) is 90.3 cm³/mol. The van der Waals surface area contributed by atoms with Gasteiger partial charge in [0, 0.05) is 25.1 Å². The lowest BCUT2D eigenvalue weighted by Gasteiger charge is -2.23. The fourth-order valence-corrected chi connectivity index (χ4v) is 2.66. The molecule has 124 valence electrons. The third-order valence-electron chi connectivity index (χ3n) is 3.71. The number of nitrogens with one attached hydrogen (secondary N) is 1. The maximum absolute atomic E-state index is 5.87. The van der Waals surface area contributed by atoms with Crippen molar-refractivity contribution in [1.82, 2.24) is 10.3 Å². The summed E-state index contributed by atoms with van der Waals surface area (Å²) in [7, 11) is 0. The molecule has 1 N–H and O–H groups in total. The van der Waals surface area contributed by atoms with Crippen LogP contribution in [0.2, 0.25) is 5.15 Å². The van der Waals surface area contributed by atoms with Crippen molar-refractivity contribution >= 4 is 22.5 Å². The smallest absolute Gasteiger partial charge is 0.129 e. The van der Waals surface area contributed by atoms with Gasteiger partial charge in [0.05, 0.1) is 24.8 Å². The van der Waals surface area contributed by atoms with E-state index in [9.17, 15) is 0 Å². The van der Waals surface area contributed by atoms with Gasteiger partial charge in [-0.25, -0.2) is 4.98 Å². The molecule has 1 aromatic carbocycles. The molecule has 1 aliphatic heterocycles. The van der Waals surface area contributed by atoms with Crippen LogP contribution < -0.4 is 10.1 Å². The van der Waals surface area contributed by atoms with Gasteiger partial charge in [0.1, 0.15) is 17.5 Å². The summed E-state index contributed by atoms with van der Waals surface area (Å²) in [6, 6.07) is 9.48. The number of ether oxygens (including phenoxy) is 3. The number of halogens is 1. The highest BCUT2D eigenvalue weighted by Crippen LogP contribution is 2.21. The molecular weight excluding hydrogens is 316 g/mol. The fraction of sp³-hybridized carbons (Fsp3) is 0.471. The minimum absolute atomic E-state index is 0.268. The quantitative estimate of drug-likeness (QED) is 0.622. The molecule has 0 aliphatic carbocycles. The largest absolute Gasteiger partial charge is 0.491 e. The maximum atomic E-state index is 5.87. The van der Waals surface area contributed by atoms with Crippen LogP contribution in [-0.4, -0.2) is 50.6 Å². The molecule has 5 nitrogen and oxygen atoms in total. The lowest BCUT2D eigenvalue weighted by atomic mass is 10.2. The van der Waals surface area contributed by atoms with Gasteiger partial charge in [-0.05, 0) is 36.8 Å². The third-order valence-corrected chi connectivity index (χ3v) is 3.92. The van der Waals surface area contributed by atoms with E-state index >= 15 is 0 Å². The first kappa shape index (κ1) is 16.5. The van der Waals surface area contributed by atoms with Gasteiger partial charge in [0.15, 0.2) is 0 Å². The predicted octanol–water partition coefficient (Wildman–Crippen LogP) is 2.66. The van der Waals surface area contributed by atoms with Crippen LogP contribution in [-0.2, 0) is 9.47 Å². The summed E-state index contributed by atoms with van der Waals surface area (Å²) in [5.74, 6) is 0.810. The highest BCUT2D eigenvalue weighted by molar-refractivity contribution is 6.29. The van der Waals surface area contributed by atoms with Gasteiger partial charge in [0.2, 0.25) is 0 Å². The summed E-state index contributed by atoms with van der Waals surface area (Å²) in [4.78, 5) is 4.25. The first-order valence-electron chi connectivity index (χ1n) is 7.90. The number of rotatable bonds is 7. The Balaban J connectivity index is 1.36. The SMILES string of the molecule is Clc1ccc2cc(OCCOCCC3CNCCO3)ccc2n1. The van der Waals surface area contributed by atoms with E-state index in [1.807, 2.05) is 24.3 Å². The van der Waals surface area contributed by atoms with Gasteiger partial charge >= 0.3 is 0 Å². The Morgan fingerprint density at radius 1 is 1.22 bits per heavy atom. The van der Waals surface area contributed by atoms with Crippen molar-refractivity contribution in [3.8, 4) is 5.75 Å². The second-order valence-electron chi connectivity index (χ2n) is 5.43. The number of hydrogen-bond acceptors (Lipinski definition) is 5. The first-order valence-corrected chi connectivity index (χ1v) is 8.28. The lowest BCUT2D eigenvalue weighted by Crippen LogP contribution is -2.39. The standard InChI is InChI=1S/C17H21ClN2O3/c18-17-4-1-13-11-14(2-3-16(13)20-17)23-10-9-21-7-5-15-12-19-6-8-22-15/h1-4,11,15,19H,5-10,12H2. The molecule has 0 radical (unpaired) electrons. The van der Waals surface area contributed by atoms with Crippen molar-refractivity contribution in [1.29, 1.82) is 0 Å². The third kappa shape index (κ3) is 5.04. The minimum atomic E-state index is 0.268. The highest BCUT2D eigenvalue weighted by Gasteiger charge is 2.12. The summed E-state index contributed by atoms with van der Waals surface area (Å²) < 4.78 is 16.9. The summed E-state index contributed by atoms with van der Waals surface area (Å²) in [5, 5.41) is 4.81. The molecule has 6 heteroatoms. The second-order valence-corrected chi connectivity index (χ2v) is 5.82. The zero-order valence-electron chi connectivity index (χ0n) is 13.0. The van der Waals surface area contributed by atoms with Crippen molar-refractivity contribution < 1.29 is 14.2 Å². The van der Waals surface area contributed by atoms with Gasteiger partial charge in [-0.1, -0.05) is 11.6 Å². The molecule has 1 aliphatic rings. The molecule has 23 heavy (non-hydrogen) atoms. The molecule has 0 saturated carbocycles. The lowest BCUT2D eigenvalue weighted by molar-refractivity contribution is -0.000112. The molecule has 1 unspecified atom stereocenters. The number of aromatic nitrogens is 1. The van der Waals surface area contributed by atoms with Gasteiger partial charge in [0.25, 0.3) is 0 Å². The Labute approximate surface area is 140 Å². The Morgan fingerprint density at radius 2 is 2.17 bits per heavy atom. The monoisotopic (exact) mass is 336 g/mol. The zero-order valence-corrected chi connectivity index (χ0v) is 13.7. The Bertz CT molecular complexity index is 632. The Kier molecular flexibility index (Phi) is 6.05. The van der Waals surface area contributed by atoms with Crippen molar-refractivity contribution in [2.24, 2.45) is 0 Å². The van der Waals surface area contributed by atoms with Gasteiger partial charge < -0.3 is 19.5 Å². The van der Waals surface area contributed by atoms with E-state index in [-0.39, 0.29) is 6.10 Å². The molecular formula is C17H21ClN2O3.